The summed E-state index contributed by atoms with van der Waals surface area (Å²) in [4.78, 5) is 23.2. The fourth-order valence-corrected chi connectivity index (χ4v) is 1.43. The van der Waals surface area contributed by atoms with Crippen LogP contribution in [0.25, 0.3) is 0 Å². The van der Waals surface area contributed by atoms with E-state index in [4.69, 9.17) is 22.1 Å². The van der Waals surface area contributed by atoms with Crippen molar-refractivity contribution in [3.63, 3.8) is 0 Å². The Morgan fingerprint density at radius 1 is 1.58 bits per heavy atom. The van der Waals surface area contributed by atoms with E-state index in [0.717, 1.165) is 0 Å². The number of anilines is 2. The first-order valence-electron chi connectivity index (χ1n) is 5.10. The van der Waals surface area contributed by atoms with Crippen molar-refractivity contribution < 1.29 is 9.53 Å². The summed E-state index contributed by atoms with van der Waals surface area (Å²) in [6.07, 6.45) is 1.34. The lowest BCUT2D eigenvalue weighted by Crippen LogP contribution is -2.20. The topological polar surface area (TPSA) is 121 Å². The van der Waals surface area contributed by atoms with Gasteiger partial charge in [-0.2, -0.15) is 4.98 Å². The lowest BCUT2D eigenvalue weighted by molar-refractivity contribution is -0.116. The highest BCUT2D eigenvalue weighted by Gasteiger charge is 2.09. The molecule has 0 atom stereocenters. The smallest absolute Gasteiger partial charge is 0.248 e. The molecule has 0 unspecified atom stereocenters. The number of methoxy groups -OCH3 is 1. The van der Waals surface area contributed by atoms with E-state index < -0.39 is 5.91 Å². The SMILES string of the molecule is COc1cc(Cl)nc(NC(=O)Cn2cnc(N)n2)n1. The van der Waals surface area contributed by atoms with E-state index in [1.807, 2.05) is 0 Å². The number of carbonyl (C=O) groups is 1. The van der Waals surface area contributed by atoms with Crippen LogP contribution in [-0.2, 0) is 11.3 Å². The van der Waals surface area contributed by atoms with Crippen LogP contribution in [0.2, 0.25) is 5.15 Å². The molecular weight excluding hydrogens is 274 g/mol. The van der Waals surface area contributed by atoms with Crippen LogP contribution in [0.15, 0.2) is 12.4 Å². The van der Waals surface area contributed by atoms with Crippen LogP contribution in [0.4, 0.5) is 11.9 Å². The zero-order valence-corrected chi connectivity index (χ0v) is 10.6. The fourth-order valence-electron chi connectivity index (χ4n) is 1.25. The molecule has 19 heavy (non-hydrogen) atoms. The lowest BCUT2D eigenvalue weighted by atomic mass is 10.5. The van der Waals surface area contributed by atoms with Gasteiger partial charge >= 0.3 is 0 Å². The van der Waals surface area contributed by atoms with Gasteiger partial charge in [-0.1, -0.05) is 11.6 Å². The molecule has 0 spiro atoms. The molecule has 2 aromatic rings. The number of carbonyl (C=O) groups excluding carboxylic acids is 1. The van der Waals surface area contributed by atoms with Crippen molar-refractivity contribution in [1.82, 2.24) is 24.7 Å². The monoisotopic (exact) mass is 283 g/mol. The maximum Gasteiger partial charge on any atom is 0.248 e. The molecule has 0 aliphatic heterocycles. The number of amides is 1. The third kappa shape index (κ3) is 3.52. The van der Waals surface area contributed by atoms with Crippen LogP contribution in [0.5, 0.6) is 5.88 Å². The van der Waals surface area contributed by atoms with Gasteiger partial charge in [0.05, 0.1) is 7.11 Å². The summed E-state index contributed by atoms with van der Waals surface area (Å²) in [5, 5.41) is 6.39. The standard InChI is InChI=1S/C9H10ClN7O2/c1-19-7-2-5(10)13-9(15-7)14-6(18)3-17-4-12-8(11)16-17/h2,4H,3H2,1H3,(H2,11,16)(H,13,14,15,18). The Hall–Kier alpha value is -2.42. The summed E-state index contributed by atoms with van der Waals surface area (Å²) in [6.45, 7) is -0.0671. The molecular formula is C9H10ClN7O2. The predicted octanol–water partition coefficient (Wildman–Crippen LogP) is -0.0490. The van der Waals surface area contributed by atoms with Gasteiger partial charge in [0.25, 0.3) is 0 Å². The molecule has 10 heteroatoms. The van der Waals surface area contributed by atoms with E-state index in [0.29, 0.717) is 0 Å². The molecule has 1 amide bonds. The molecule has 0 saturated heterocycles. The molecule has 0 radical (unpaired) electrons. The molecule has 0 aliphatic carbocycles. The second kappa shape index (κ2) is 5.48. The van der Waals surface area contributed by atoms with Crippen LogP contribution in [0, 0.1) is 0 Å². The van der Waals surface area contributed by atoms with Gasteiger partial charge in [0.15, 0.2) is 0 Å². The largest absolute Gasteiger partial charge is 0.481 e. The Balaban J connectivity index is 2.04. The fraction of sp³-hybridized carbons (Fsp3) is 0.222. The van der Waals surface area contributed by atoms with Gasteiger partial charge < -0.3 is 10.5 Å². The second-order valence-electron chi connectivity index (χ2n) is 3.41. The minimum Gasteiger partial charge on any atom is -0.481 e. The molecule has 0 bridgehead atoms. The normalized spacial score (nSPS) is 10.2. The van der Waals surface area contributed by atoms with Crippen LogP contribution in [0.1, 0.15) is 0 Å². The number of aromatic nitrogens is 5. The number of rotatable bonds is 4. The molecule has 9 nitrogen and oxygen atoms in total. The first-order chi connectivity index (χ1) is 9.06. The van der Waals surface area contributed by atoms with Gasteiger partial charge in [-0.25, -0.2) is 14.6 Å². The Labute approximate surface area is 112 Å². The average molecular weight is 284 g/mol. The van der Waals surface area contributed by atoms with E-state index in [1.165, 1.54) is 24.2 Å². The number of nitrogens with one attached hydrogen (secondary N) is 1. The number of halogens is 1. The van der Waals surface area contributed by atoms with Crippen LogP contribution in [0.3, 0.4) is 0 Å². The zero-order valence-electron chi connectivity index (χ0n) is 9.87. The summed E-state index contributed by atoms with van der Waals surface area (Å²) >= 11 is 5.75. The number of nitrogen functional groups attached to an aromatic ring is 1. The van der Waals surface area contributed by atoms with Crippen molar-refractivity contribution in [1.29, 1.82) is 0 Å². The van der Waals surface area contributed by atoms with E-state index in [9.17, 15) is 4.79 Å². The van der Waals surface area contributed by atoms with Crippen LogP contribution < -0.4 is 15.8 Å². The van der Waals surface area contributed by atoms with Gasteiger partial charge in [-0.15, -0.1) is 5.10 Å². The number of hydrogen-bond acceptors (Lipinski definition) is 7. The quantitative estimate of drug-likeness (QED) is 0.755. The van der Waals surface area contributed by atoms with Crippen molar-refractivity contribution in [2.45, 2.75) is 6.54 Å². The van der Waals surface area contributed by atoms with Gasteiger partial charge in [-0.3, -0.25) is 10.1 Å². The minimum atomic E-state index is -0.394. The Bertz CT molecular complexity index is 600. The van der Waals surface area contributed by atoms with E-state index >= 15 is 0 Å². The molecule has 0 aromatic carbocycles. The highest BCUT2D eigenvalue weighted by Crippen LogP contribution is 2.15. The van der Waals surface area contributed by atoms with Crippen molar-refractivity contribution >= 4 is 29.4 Å². The van der Waals surface area contributed by atoms with Crippen molar-refractivity contribution in [3.05, 3.63) is 17.5 Å². The molecule has 0 saturated carbocycles. The number of nitrogens with zero attached hydrogens (tertiary/aromatic N) is 5. The van der Waals surface area contributed by atoms with Crippen LogP contribution in [-0.4, -0.2) is 37.7 Å². The summed E-state index contributed by atoms with van der Waals surface area (Å²) in [6, 6.07) is 1.43. The average Bonchev–Trinajstić information content (AvgIpc) is 2.73. The molecule has 0 fully saturated rings. The first kappa shape index (κ1) is 13.0. The second-order valence-corrected chi connectivity index (χ2v) is 3.79. The van der Waals surface area contributed by atoms with E-state index in [1.54, 1.807) is 0 Å². The van der Waals surface area contributed by atoms with E-state index in [2.05, 4.69) is 25.4 Å². The molecule has 3 N–H and O–H groups in total. The minimum absolute atomic E-state index is 0.0439. The number of nitrogens with two attached hydrogens (primary N) is 1. The maximum atomic E-state index is 11.7. The molecule has 2 aromatic heterocycles. The first-order valence-corrected chi connectivity index (χ1v) is 5.48. The Morgan fingerprint density at radius 3 is 3.00 bits per heavy atom. The van der Waals surface area contributed by atoms with Crippen LogP contribution >= 0.6 is 11.6 Å². The van der Waals surface area contributed by atoms with Gasteiger partial charge in [0, 0.05) is 6.07 Å². The van der Waals surface area contributed by atoms with Crippen molar-refractivity contribution in [2.75, 3.05) is 18.2 Å². The highest BCUT2D eigenvalue weighted by molar-refractivity contribution is 6.29. The highest BCUT2D eigenvalue weighted by atomic mass is 35.5. The van der Waals surface area contributed by atoms with Gasteiger partial charge in [-0.05, 0) is 0 Å². The molecule has 2 heterocycles. The zero-order chi connectivity index (χ0) is 13.8. The van der Waals surface area contributed by atoms with Crippen molar-refractivity contribution in [2.24, 2.45) is 0 Å². The molecule has 0 aliphatic rings. The maximum absolute atomic E-state index is 11.7. The Morgan fingerprint density at radius 2 is 2.37 bits per heavy atom. The van der Waals surface area contributed by atoms with E-state index in [-0.39, 0.29) is 29.5 Å². The lowest BCUT2D eigenvalue weighted by Gasteiger charge is -2.05. The summed E-state index contributed by atoms with van der Waals surface area (Å²) in [5.41, 5.74) is 5.33. The summed E-state index contributed by atoms with van der Waals surface area (Å²) in [7, 11) is 1.43. The van der Waals surface area contributed by atoms with Gasteiger partial charge in [0.2, 0.25) is 23.7 Å². The number of ether oxygens (including phenoxy) is 1. The third-order valence-electron chi connectivity index (χ3n) is 1.99. The third-order valence-corrected chi connectivity index (χ3v) is 2.19. The molecule has 2 rings (SSSR count). The Kier molecular flexibility index (Phi) is 3.76. The van der Waals surface area contributed by atoms with Gasteiger partial charge in [0.1, 0.15) is 18.0 Å². The number of hydrogen-bond donors (Lipinski definition) is 2. The summed E-state index contributed by atoms with van der Waals surface area (Å²) < 4.78 is 6.19. The predicted molar refractivity (Wildman–Crippen MR) is 66.7 cm³/mol. The van der Waals surface area contributed by atoms with Crippen molar-refractivity contribution in [3.8, 4) is 5.88 Å². The summed E-state index contributed by atoms with van der Waals surface area (Å²) in [5.74, 6) is -0.00886. The molecule has 100 valence electrons.